The van der Waals surface area contributed by atoms with Gasteiger partial charge in [-0.1, -0.05) is 44.2 Å². The molecule has 0 aliphatic rings. The molecule has 2 aromatic carbocycles. The lowest BCUT2D eigenvalue weighted by Gasteiger charge is -2.27. The topological polar surface area (TPSA) is 66.8 Å². The van der Waals surface area contributed by atoms with E-state index in [1.54, 1.807) is 0 Å². The molecule has 0 fully saturated rings. The van der Waals surface area contributed by atoms with E-state index in [9.17, 15) is 4.57 Å². The smallest absolute Gasteiger partial charge is 0.402 e. The lowest BCUT2D eigenvalue weighted by molar-refractivity contribution is 0.282. The van der Waals surface area contributed by atoms with Gasteiger partial charge in [0.25, 0.3) is 0 Å². The number of hydrogen-bond donors (Lipinski definition) is 2. The summed E-state index contributed by atoms with van der Waals surface area (Å²) < 4.78 is 16.7. The summed E-state index contributed by atoms with van der Waals surface area (Å²) in [5.41, 5.74) is 1.85. The third-order valence-electron chi connectivity index (χ3n) is 3.43. The third-order valence-corrected chi connectivity index (χ3v) is 5.02. The second kappa shape index (κ2) is 6.46. The molecule has 118 valence electrons. The van der Waals surface area contributed by atoms with Gasteiger partial charge in [0.15, 0.2) is 5.75 Å². The van der Waals surface area contributed by atoms with Crippen molar-refractivity contribution in [2.45, 2.75) is 19.3 Å². The summed E-state index contributed by atoms with van der Waals surface area (Å²) >= 11 is 6.63. The summed E-state index contributed by atoms with van der Waals surface area (Å²) in [5.74, 6) is 0.0842. The second-order valence-corrected chi connectivity index (χ2v) is 8.21. The molecular formula is C15H15Br2O4P. The number of halogens is 2. The van der Waals surface area contributed by atoms with Crippen molar-refractivity contribution in [2.75, 3.05) is 0 Å². The van der Waals surface area contributed by atoms with Crippen LogP contribution in [0.1, 0.15) is 25.0 Å². The molecule has 0 spiro atoms. The van der Waals surface area contributed by atoms with Crippen LogP contribution in [-0.4, -0.2) is 9.79 Å². The third kappa shape index (κ3) is 4.00. The highest BCUT2D eigenvalue weighted by atomic mass is 79.9. The van der Waals surface area contributed by atoms with Gasteiger partial charge in [-0.2, -0.15) is 0 Å². The standard InChI is InChI=1S/C15H15Br2O4P/c1-15(2,10-6-4-3-5-7-10)11-8-12(16)14(13(17)9-11)21-22(18,19)20/h3-9H,1-2H3,(H2,18,19,20). The van der Waals surface area contributed by atoms with E-state index in [1.807, 2.05) is 42.5 Å². The largest absolute Gasteiger partial charge is 0.524 e. The zero-order chi connectivity index (χ0) is 16.5. The average molecular weight is 450 g/mol. The highest BCUT2D eigenvalue weighted by Gasteiger charge is 2.27. The first kappa shape index (κ1) is 17.7. The molecule has 0 saturated heterocycles. The highest BCUT2D eigenvalue weighted by molar-refractivity contribution is 9.11. The van der Waals surface area contributed by atoms with Crippen LogP contribution in [0, 0.1) is 0 Å². The van der Waals surface area contributed by atoms with Gasteiger partial charge in [0.2, 0.25) is 0 Å². The van der Waals surface area contributed by atoms with Crippen LogP contribution in [0.4, 0.5) is 0 Å². The van der Waals surface area contributed by atoms with Gasteiger partial charge in [0.05, 0.1) is 8.95 Å². The van der Waals surface area contributed by atoms with E-state index in [1.165, 1.54) is 0 Å². The maximum absolute atomic E-state index is 11.0. The minimum atomic E-state index is -4.62. The molecule has 0 radical (unpaired) electrons. The van der Waals surface area contributed by atoms with Crippen LogP contribution in [0.25, 0.3) is 0 Å². The SMILES string of the molecule is CC(C)(c1ccccc1)c1cc(Br)c(OP(=O)(O)O)c(Br)c1. The van der Waals surface area contributed by atoms with Crippen molar-refractivity contribution in [3.8, 4) is 5.75 Å². The van der Waals surface area contributed by atoms with Gasteiger partial charge in [-0.3, -0.25) is 9.79 Å². The van der Waals surface area contributed by atoms with Crippen LogP contribution in [0.2, 0.25) is 0 Å². The molecule has 0 atom stereocenters. The highest BCUT2D eigenvalue weighted by Crippen LogP contribution is 2.46. The second-order valence-electron chi connectivity index (χ2n) is 5.34. The average Bonchev–Trinajstić information content (AvgIpc) is 2.42. The molecular weight excluding hydrogens is 435 g/mol. The van der Waals surface area contributed by atoms with Gasteiger partial charge in [-0.15, -0.1) is 0 Å². The monoisotopic (exact) mass is 448 g/mol. The Bertz CT molecular complexity index is 703. The summed E-state index contributed by atoms with van der Waals surface area (Å²) in [7, 11) is -4.62. The van der Waals surface area contributed by atoms with Gasteiger partial charge in [0.1, 0.15) is 0 Å². The molecule has 2 aromatic rings. The van der Waals surface area contributed by atoms with Crippen molar-refractivity contribution < 1.29 is 18.9 Å². The fourth-order valence-electron chi connectivity index (χ4n) is 2.15. The summed E-state index contributed by atoms with van der Waals surface area (Å²) in [6, 6.07) is 13.6. The van der Waals surface area contributed by atoms with E-state index in [2.05, 4.69) is 45.7 Å². The van der Waals surface area contributed by atoms with E-state index < -0.39 is 7.82 Å². The number of hydrogen-bond acceptors (Lipinski definition) is 2. The molecule has 0 heterocycles. The number of rotatable bonds is 4. The number of phosphoric ester groups is 1. The Morgan fingerprint density at radius 2 is 1.50 bits per heavy atom. The van der Waals surface area contributed by atoms with Crippen molar-refractivity contribution in [3.63, 3.8) is 0 Å². The van der Waals surface area contributed by atoms with E-state index in [4.69, 9.17) is 14.3 Å². The fraction of sp³-hybridized carbons (Fsp3) is 0.200. The van der Waals surface area contributed by atoms with E-state index >= 15 is 0 Å². The van der Waals surface area contributed by atoms with Crippen molar-refractivity contribution in [1.82, 2.24) is 0 Å². The van der Waals surface area contributed by atoms with Crippen molar-refractivity contribution in [2.24, 2.45) is 0 Å². The molecule has 0 bridgehead atoms. The maximum atomic E-state index is 11.0. The lowest BCUT2D eigenvalue weighted by atomic mass is 9.78. The Labute approximate surface area is 146 Å². The molecule has 7 heteroatoms. The van der Waals surface area contributed by atoms with E-state index in [0.717, 1.165) is 11.1 Å². The maximum Gasteiger partial charge on any atom is 0.524 e. The molecule has 2 rings (SSSR count). The van der Waals surface area contributed by atoms with Crippen molar-refractivity contribution in [1.29, 1.82) is 0 Å². The van der Waals surface area contributed by atoms with Crippen LogP contribution in [-0.2, 0) is 9.98 Å². The Morgan fingerprint density at radius 1 is 1.00 bits per heavy atom. The van der Waals surface area contributed by atoms with Gasteiger partial charge in [-0.25, -0.2) is 4.57 Å². The molecule has 0 aliphatic heterocycles. The van der Waals surface area contributed by atoms with Gasteiger partial charge < -0.3 is 4.52 Å². The molecule has 0 saturated carbocycles. The first-order chi connectivity index (χ1) is 10.1. The Balaban J connectivity index is 2.49. The fourth-order valence-corrected chi connectivity index (χ4v) is 4.18. The van der Waals surface area contributed by atoms with Crippen LogP contribution in [0.15, 0.2) is 51.4 Å². The zero-order valence-electron chi connectivity index (χ0n) is 12.0. The van der Waals surface area contributed by atoms with Crippen LogP contribution in [0.3, 0.4) is 0 Å². The minimum Gasteiger partial charge on any atom is -0.402 e. The van der Waals surface area contributed by atoms with Crippen LogP contribution in [0.5, 0.6) is 5.75 Å². The normalized spacial score (nSPS) is 12.3. The quantitative estimate of drug-likeness (QED) is 0.644. The summed E-state index contributed by atoms with van der Waals surface area (Å²) in [4.78, 5) is 17.9. The number of phosphoric acid groups is 1. The Hall–Kier alpha value is -0.650. The molecule has 0 unspecified atom stereocenters. The Morgan fingerprint density at radius 3 is 1.95 bits per heavy atom. The molecule has 0 amide bonds. The molecule has 0 aromatic heterocycles. The van der Waals surface area contributed by atoms with Crippen molar-refractivity contribution >= 4 is 39.7 Å². The summed E-state index contributed by atoms with van der Waals surface area (Å²) in [6.45, 7) is 4.17. The lowest BCUT2D eigenvalue weighted by Crippen LogP contribution is -2.19. The predicted molar refractivity (Wildman–Crippen MR) is 93.1 cm³/mol. The van der Waals surface area contributed by atoms with E-state index in [0.29, 0.717) is 8.95 Å². The first-order valence-electron chi connectivity index (χ1n) is 6.41. The van der Waals surface area contributed by atoms with Crippen LogP contribution >= 0.6 is 39.7 Å². The molecule has 0 aliphatic carbocycles. The number of benzene rings is 2. The van der Waals surface area contributed by atoms with E-state index in [-0.39, 0.29) is 11.2 Å². The van der Waals surface area contributed by atoms with Gasteiger partial charge in [0, 0.05) is 5.41 Å². The van der Waals surface area contributed by atoms with Crippen molar-refractivity contribution in [3.05, 3.63) is 62.5 Å². The van der Waals surface area contributed by atoms with Crippen LogP contribution < -0.4 is 4.52 Å². The first-order valence-corrected chi connectivity index (χ1v) is 9.53. The molecule has 4 nitrogen and oxygen atoms in total. The predicted octanol–water partition coefficient (Wildman–Crippen LogP) is 5.01. The molecule has 2 N–H and O–H groups in total. The minimum absolute atomic E-state index is 0.0842. The Kier molecular flexibility index (Phi) is 5.20. The zero-order valence-corrected chi connectivity index (χ0v) is 16.0. The molecule has 22 heavy (non-hydrogen) atoms. The summed E-state index contributed by atoms with van der Waals surface area (Å²) in [6.07, 6.45) is 0. The summed E-state index contributed by atoms with van der Waals surface area (Å²) in [5, 5.41) is 0. The van der Waals surface area contributed by atoms with Gasteiger partial charge in [-0.05, 0) is 55.1 Å². The van der Waals surface area contributed by atoms with Gasteiger partial charge >= 0.3 is 7.82 Å².